The number of methoxy groups -OCH3 is 2. The van der Waals surface area contributed by atoms with E-state index in [2.05, 4.69) is 5.10 Å². The summed E-state index contributed by atoms with van der Waals surface area (Å²) >= 11 is 5.97. The number of hydrogen-bond donors (Lipinski definition) is 1. The number of nitrogens with two attached hydrogens (primary N) is 1. The van der Waals surface area contributed by atoms with E-state index in [1.54, 1.807) is 49.4 Å². The fraction of sp³-hybridized carbons (Fsp3) is 0.167. The second-order valence-electron chi connectivity index (χ2n) is 6.83. The van der Waals surface area contributed by atoms with Crippen LogP contribution in [0.15, 0.2) is 52.4 Å². The van der Waals surface area contributed by atoms with E-state index in [-0.39, 0.29) is 29.1 Å². The Morgan fingerprint density at radius 3 is 2.44 bits per heavy atom. The first-order valence-corrected chi connectivity index (χ1v) is 10.4. The van der Waals surface area contributed by atoms with Gasteiger partial charge >= 0.3 is 5.97 Å². The average Bonchev–Trinajstić information content (AvgIpc) is 2.84. The fourth-order valence-electron chi connectivity index (χ4n) is 3.27. The number of rotatable bonds is 7. The summed E-state index contributed by atoms with van der Waals surface area (Å²) in [4.78, 5) is 26.0. The number of halogens is 1. The molecule has 0 bridgehead atoms. The lowest BCUT2D eigenvalue weighted by Crippen LogP contribution is -2.27. The van der Waals surface area contributed by atoms with Crippen molar-refractivity contribution in [3.8, 4) is 28.7 Å². The van der Waals surface area contributed by atoms with Crippen molar-refractivity contribution in [3.63, 3.8) is 0 Å². The van der Waals surface area contributed by atoms with E-state index in [0.717, 1.165) is 4.68 Å². The van der Waals surface area contributed by atoms with Crippen molar-refractivity contribution in [1.29, 1.82) is 5.26 Å². The van der Waals surface area contributed by atoms with Crippen LogP contribution in [0.2, 0.25) is 5.02 Å². The van der Waals surface area contributed by atoms with Gasteiger partial charge in [-0.3, -0.25) is 4.79 Å². The minimum Gasteiger partial charge on any atom is -0.493 e. The van der Waals surface area contributed by atoms with E-state index in [4.69, 9.17) is 31.5 Å². The number of esters is 1. The lowest BCUT2D eigenvalue weighted by atomic mass is 9.96. The van der Waals surface area contributed by atoms with Gasteiger partial charge in [0.05, 0.1) is 27.0 Å². The normalized spacial score (nSPS) is 10.7. The number of nitrogens with zero attached hydrogens (tertiary/aromatic N) is 3. The number of benzene rings is 2. The quantitative estimate of drug-likeness (QED) is 0.403. The molecule has 0 atom stereocenters. The predicted molar refractivity (Wildman–Crippen MR) is 129 cm³/mol. The van der Waals surface area contributed by atoms with Gasteiger partial charge in [0, 0.05) is 10.6 Å². The predicted octanol–water partition coefficient (Wildman–Crippen LogP) is 3.70. The summed E-state index contributed by atoms with van der Waals surface area (Å²) in [6, 6.07) is 13.2. The molecule has 9 nitrogen and oxygen atoms in total. The van der Waals surface area contributed by atoms with Crippen LogP contribution in [0.5, 0.6) is 11.5 Å². The van der Waals surface area contributed by atoms with Crippen LogP contribution in [0.25, 0.3) is 11.1 Å². The van der Waals surface area contributed by atoms with Crippen LogP contribution < -0.4 is 20.8 Å². The Balaban J connectivity index is 2.25. The molecule has 10 heteroatoms. The number of nitriles is 1. The summed E-state index contributed by atoms with van der Waals surface area (Å²) in [6.07, 6.45) is 1.35. The van der Waals surface area contributed by atoms with Gasteiger partial charge in [0.1, 0.15) is 23.0 Å². The zero-order valence-electron chi connectivity index (χ0n) is 18.7. The number of hydrogen-bond acceptors (Lipinski definition) is 8. The van der Waals surface area contributed by atoms with Crippen LogP contribution in [0, 0.1) is 11.3 Å². The van der Waals surface area contributed by atoms with Crippen molar-refractivity contribution < 1.29 is 19.0 Å². The van der Waals surface area contributed by atoms with Crippen LogP contribution >= 0.6 is 11.6 Å². The summed E-state index contributed by atoms with van der Waals surface area (Å²) in [7, 11) is 3.00. The van der Waals surface area contributed by atoms with Gasteiger partial charge in [-0.25, -0.2) is 4.79 Å². The van der Waals surface area contributed by atoms with Gasteiger partial charge in [-0.15, -0.1) is 0 Å². The molecule has 0 aliphatic carbocycles. The standard InChI is InChI=1S/C24H21ClN4O5/c1-4-34-24(31)21-20(15-6-8-16(25)9-7-15)17(12-26)23(30)29(22(21)27)28-13-14-5-10-18(32-2)19(11-14)33-3/h5-11,13H,4,27H2,1-3H3/b28-13+. The third kappa shape index (κ3) is 4.72. The van der Waals surface area contributed by atoms with E-state index < -0.39 is 11.5 Å². The van der Waals surface area contributed by atoms with Crippen LogP contribution in [0.3, 0.4) is 0 Å². The summed E-state index contributed by atoms with van der Waals surface area (Å²) in [6.45, 7) is 1.70. The highest BCUT2D eigenvalue weighted by Crippen LogP contribution is 2.31. The minimum atomic E-state index is -0.797. The Morgan fingerprint density at radius 1 is 1.18 bits per heavy atom. The molecule has 0 fully saturated rings. The molecule has 0 unspecified atom stereocenters. The van der Waals surface area contributed by atoms with Crippen LogP contribution in [-0.4, -0.2) is 37.7 Å². The highest BCUT2D eigenvalue weighted by atomic mass is 35.5. The van der Waals surface area contributed by atoms with Crippen molar-refractivity contribution in [2.24, 2.45) is 5.10 Å². The highest BCUT2D eigenvalue weighted by molar-refractivity contribution is 6.30. The Labute approximate surface area is 200 Å². The summed E-state index contributed by atoms with van der Waals surface area (Å²) in [5.74, 6) is -0.101. The highest BCUT2D eigenvalue weighted by Gasteiger charge is 2.27. The van der Waals surface area contributed by atoms with Crippen LogP contribution in [0.4, 0.5) is 5.82 Å². The Morgan fingerprint density at radius 2 is 1.85 bits per heavy atom. The lowest BCUT2D eigenvalue weighted by molar-refractivity contribution is 0.0527. The first kappa shape index (κ1) is 24.4. The molecule has 0 radical (unpaired) electrons. The smallest absolute Gasteiger partial charge is 0.342 e. The van der Waals surface area contributed by atoms with Gasteiger partial charge in [-0.1, -0.05) is 23.7 Å². The van der Waals surface area contributed by atoms with E-state index in [1.807, 2.05) is 6.07 Å². The van der Waals surface area contributed by atoms with Crippen LogP contribution in [-0.2, 0) is 4.74 Å². The van der Waals surface area contributed by atoms with Crippen molar-refractivity contribution >= 4 is 29.6 Å². The molecule has 3 aromatic rings. The first-order valence-electron chi connectivity index (χ1n) is 10.0. The van der Waals surface area contributed by atoms with Crippen molar-refractivity contribution in [1.82, 2.24) is 4.68 Å². The molecule has 2 aromatic carbocycles. The number of carbonyl (C=O) groups excluding carboxylic acids is 1. The van der Waals surface area contributed by atoms with Gasteiger partial charge in [0.15, 0.2) is 11.5 Å². The molecular weight excluding hydrogens is 460 g/mol. The molecule has 1 heterocycles. The second kappa shape index (κ2) is 10.6. The van der Waals surface area contributed by atoms with Crippen molar-refractivity contribution in [2.45, 2.75) is 6.92 Å². The SMILES string of the molecule is CCOC(=O)c1c(-c2ccc(Cl)cc2)c(C#N)c(=O)n(/N=C/c2ccc(OC)c(OC)c2)c1N. The summed E-state index contributed by atoms with van der Waals surface area (Å²) in [5, 5.41) is 14.4. The molecule has 3 rings (SSSR count). The minimum absolute atomic E-state index is 0.0534. The number of ether oxygens (including phenoxy) is 3. The number of anilines is 1. The summed E-state index contributed by atoms with van der Waals surface area (Å²) < 4.78 is 16.4. The molecule has 174 valence electrons. The average molecular weight is 481 g/mol. The number of carbonyl (C=O) groups is 1. The zero-order chi connectivity index (χ0) is 24.8. The molecule has 34 heavy (non-hydrogen) atoms. The summed E-state index contributed by atoms with van der Waals surface area (Å²) in [5.41, 5.74) is 6.00. The van der Waals surface area contributed by atoms with E-state index in [0.29, 0.717) is 27.6 Å². The maximum absolute atomic E-state index is 13.2. The molecular formula is C24H21ClN4O5. The Hall–Kier alpha value is -4.29. The Kier molecular flexibility index (Phi) is 7.56. The number of pyridine rings is 1. The van der Waals surface area contributed by atoms with Gasteiger partial charge in [0.25, 0.3) is 5.56 Å². The fourth-order valence-corrected chi connectivity index (χ4v) is 3.40. The van der Waals surface area contributed by atoms with Gasteiger partial charge in [-0.05, 0) is 48.4 Å². The van der Waals surface area contributed by atoms with Gasteiger partial charge in [0.2, 0.25) is 0 Å². The lowest BCUT2D eigenvalue weighted by Gasteiger charge is -2.16. The molecule has 0 saturated carbocycles. The van der Waals surface area contributed by atoms with Crippen molar-refractivity contribution in [2.75, 3.05) is 26.6 Å². The van der Waals surface area contributed by atoms with Crippen molar-refractivity contribution in [3.05, 3.63) is 74.5 Å². The number of nitrogen functional groups attached to an aromatic ring is 1. The van der Waals surface area contributed by atoms with Crippen LogP contribution in [0.1, 0.15) is 28.4 Å². The molecule has 2 N–H and O–H groups in total. The third-order valence-electron chi connectivity index (χ3n) is 4.84. The molecule has 0 aliphatic heterocycles. The monoisotopic (exact) mass is 480 g/mol. The van der Waals surface area contributed by atoms with E-state index in [9.17, 15) is 14.9 Å². The maximum atomic E-state index is 13.2. The number of aromatic nitrogens is 1. The molecule has 0 spiro atoms. The van der Waals surface area contributed by atoms with Gasteiger partial charge < -0.3 is 19.9 Å². The first-order chi connectivity index (χ1) is 16.4. The van der Waals surface area contributed by atoms with Gasteiger partial charge in [-0.2, -0.15) is 15.0 Å². The van der Waals surface area contributed by atoms with E-state index >= 15 is 0 Å². The molecule has 0 amide bonds. The molecule has 0 aliphatic rings. The largest absolute Gasteiger partial charge is 0.493 e. The Bertz CT molecular complexity index is 1360. The third-order valence-corrected chi connectivity index (χ3v) is 5.10. The second-order valence-corrected chi connectivity index (χ2v) is 7.26. The zero-order valence-corrected chi connectivity index (χ0v) is 19.4. The maximum Gasteiger partial charge on any atom is 0.342 e. The topological polar surface area (TPSA) is 129 Å². The molecule has 1 aromatic heterocycles. The molecule has 0 saturated heterocycles. The van der Waals surface area contributed by atoms with E-state index in [1.165, 1.54) is 20.4 Å².